The molecule has 9 heteroatoms. The molecule has 1 aromatic carbocycles. The van der Waals surface area contributed by atoms with E-state index in [4.69, 9.17) is 5.73 Å². The minimum absolute atomic E-state index is 0.117. The minimum Gasteiger partial charge on any atom is -0.368 e. The number of carbonyl (C=O) groups excluding carboxylic acids is 2. The summed E-state index contributed by atoms with van der Waals surface area (Å²) in [4.78, 5) is 25.8. The van der Waals surface area contributed by atoms with E-state index in [1.165, 1.54) is 11.8 Å². The van der Waals surface area contributed by atoms with E-state index in [2.05, 4.69) is 15.5 Å². The Hall–Kier alpha value is -2.42. The van der Waals surface area contributed by atoms with Gasteiger partial charge in [0.15, 0.2) is 0 Å². The number of nitrogens with two attached hydrogens (primary N) is 1. The van der Waals surface area contributed by atoms with Crippen LogP contribution in [0.25, 0.3) is 5.69 Å². The number of rotatable bonds is 5. The number of carbonyl (C=O) groups is 2. The van der Waals surface area contributed by atoms with E-state index in [-0.39, 0.29) is 11.7 Å². The summed E-state index contributed by atoms with van der Waals surface area (Å²) in [5.74, 6) is -0.396. The maximum Gasteiger partial charge on any atom is 0.240 e. The average Bonchev–Trinajstić information content (AvgIpc) is 3.10. The number of aromatic nitrogens is 4. The molecule has 1 aliphatic heterocycles. The summed E-state index contributed by atoms with van der Waals surface area (Å²) in [6, 6.07) is 5.54. The Labute approximate surface area is 156 Å². The maximum absolute atomic E-state index is 12.6. The second-order valence-corrected chi connectivity index (χ2v) is 7.40. The van der Waals surface area contributed by atoms with E-state index in [9.17, 15) is 9.59 Å². The van der Waals surface area contributed by atoms with Crippen LogP contribution in [-0.4, -0.2) is 55.3 Å². The third-order valence-corrected chi connectivity index (χ3v) is 5.41. The molecule has 2 N–H and O–H groups in total. The molecule has 8 nitrogen and oxygen atoms in total. The van der Waals surface area contributed by atoms with E-state index in [0.29, 0.717) is 18.1 Å². The van der Waals surface area contributed by atoms with Crippen molar-refractivity contribution in [1.29, 1.82) is 0 Å². The molecule has 2 aromatic rings. The number of aryl methyl sites for hydroxylation is 2. The molecule has 1 aromatic heterocycles. The molecule has 2 heterocycles. The molecule has 0 radical (unpaired) electrons. The van der Waals surface area contributed by atoms with Gasteiger partial charge in [-0.2, -0.15) is 4.68 Å². The van der Waals surface area contributed by atoms with Crippen LogP contribution >= 0.6 is 11.8 Å². The molecular formula is C17H22N6O2S. The third kappa shape index (κ3) is 3.87. The molecule has 1 unspecified atom stereocenters. The first-order chi connectivity index (χ1) is 12.5. The lowest BCUT2D eigenvalue weighted by Gasteiger charge is -2.33. The first-order valence-corrected chi connectivity index (χ1v) is 9.53. The Morgan fingerprint density at radius 1 is 1.31 bits per heavy atom. The average molecular weight is 374 g/mol. The van der Waals surface area contributed by atoms with Crippen LogP contribution in [0.1, 0.15) is 30.4 Å². The Bertz CT molecular complexity index is 821. The Morgan fingerprint density at radius 3 is 2.88 bits per heavy atom. The highest BCUT2D eigenvalue weighted by molar-refractivity contribution is 7.99. The van der Waals surface area contributed by atoms with Crippen molar-refractivity contribution in [2.75, 3.05) is 12.3 Å². The molecular weight excluding hydrogens is 352 g/mol. The zero-order valence-electron chi connectivity index (χ0n) is 14.9. The van der Waals surface area contributed by atoms with Crippen molar-refractivity contribution in [3.63, 3.8) is 0 Å². The van der Waals surface area contributed by atoms with Crippen LogP contribution in [0.15, 0.2) is 23.4 Å². The Morgan fingerprint density at radius 2 is 2.12 bits per heavy atom. The molecule has 26 heavy (non-hydrogen) atoms. The smallest absolute Gasteiger partial charge is 0.240 e. The molecule has 0 saturated carbocycles. The molecule has 1 saturated heterocycles. The summed E-state index contributed by atoms with van der Waals surface area (Å²) in [6.07, 6.45) is 2.43. The topological polar surface area (TPSA) is 107 Å². The number of nitrogens with zero attached hydrogens (tertiary/aromatic N) is 5. The van der Waals surface area contributed by atoms with E-state index >= 15 is 0 Å². The Kier molecular flexibility index (Phi) is 5.55. The van der Waals surface area contributed by atoms with Crippen molar-refractivity contribution < 1.29 is 9.59 Å². The molecule has 1 aliphatic rings. The predicted octanol–water partition coefficient (Wildman–Crippen LogP) is 1.24. The fourth-order valence-electron chi connectivity index (χ4n) is 3.10. The SMILES string of the molecule is Cc1ccc(C)c(-n2nnnc2SCC(=O)N2CCCCC2C(N)=O)c1. The first kappa shape index (κ1) is 18.4. The van der Waals surface area contributed by atoms with E-state index in [1.807, 2.05) is 32.0 Å². The number of thioether (sulfide) groups is 1. The lowest BCUT2D eigenvalue weighted by atomic mass is 10.0. The fraction of sp³-hybridized carbons (Fsp3) is 0.471. The van der Waals surface area contributed by atoms with Gasteiger partial charge < -0.3 is 10.6 Å². The summed E-state index contributed by atoms with van der Waals surface area (Å²) in [6.45, 7) is 4.56. The number of hydrogen-bond donors (Lipinski definition) is 1. The molecule has 0 spiro atoms. The molecule has 138 valence electrons. The maximum atomic E-state index is 12.6. The molecule has 3 rings (SSSR count). The fourth-order valence-corrected chi connectivity index (χ4v) is 3.87. The first-order valence-electron chi connectivity index (χ1n) is 8.55. The van der Waals surface area contributed by atoms with Gasteiger partial charge in [-0.25, -0.2) is 0 Å². The quantitative estimate of drug-likeness (QED) is 0.789. The van der Waals surface area contributed by atoms with Gasteiger partial charge in [0.1, 0.15) is 6.04 Å². The lowest BCUT2D eigenvalue weighted by molar-refractivity contribution is -0.138. The van der Waals surface area contributed by atoms with Gasteiger partial charge >= 0.3 is 0 Å². The highest BCUT2D eigenvalue weighted by atomic mass is 32.2. The van der Waals surface area contributed by atoms with Gasteiger partial charge in [-0.1, -0.05) is 23.9 Å². The molecule has 0 bridgehead atoms. The zero-order valence-corrected chi connectivity index (χ0v) is 15.7. The van der Waals surface area contributed by atoms with Crippen LogP contribution in [0.5, 0.6) is 0 Å². The van der Waals surface area contributed by atoms with Gasteiger partial charge in [0.05, 0.1) is 11.4 Å². The standard InChI is InChI=1S/C17H22N6O2S/c1-11-6-7-12(2)14(9-11)23-17(19-20-21-23)26-10-15(24)22-8-4-3-5-13(22)16(18)25/h6-7,9,13H,3-5,8,10H2,1-2H3,(H2,18,25). The largest absolute Gasteiger partial charge is 0.368 e. The van der Waals surface area contributed by atoms with Gasteiger partial charge in [-0.15, -0.1) is 5.10 Å². The monoisotopic (exact) mass is 374 g/mol. The number of likely N-dealkylation sites (tertiary alicyclic amines) is 1. The number of piperidine rings is 1. The normalized spacial score (nSPS) is 17.3. The van der Waals surface area contributed by atoms with Crippen LogP contribution in [0.3, 0.4) is 0 Å². The van der Waals surface area contributed by atoms with Gasteiger partial charge in [0, 0.05) is 6.54 Å². The van der Waals surface area contributed by atoms with Crippen molar-refractivity contribution in [2.45, 2.75) is 44.3 Å². The second kappa shape index (κ2) is 7.86. The van der Waals surface area contributed by atoms with Crippen molar-refractivity contribution in [1.82, 2.24) is 25.1 Å². The highest BCUT2D eigenvalue weighted by Crippen LogP contribution is 2.23. The molecule has 0 aliphatic carbocycles. The van der Waals surface area contributed by atoms with Gasteiger partial charge in [0.2, 0.25) is 17.0 Å². The summed E-state index contributed by atoms with van der Waals surface area (Å²) in [7, 11) is 0. The zero-order chi connectivity index (χ0) is 18.7. The van der Waals surface area contributed by atoms with Crippen LogP contribution in [0, 0.1) is 13.8 Å². The van der Waals surface area contributed by atoms with Gasteiger partial charge in [-0.05, 0) is 60.7 Å². The van der Waals surface area contributed by atoms with Gasteiger partial charge in [-0.3, -0.25) is 9.59 Å². The van der Waals surface area contributed by atoms with Crippen molar-refractivity contribution >= 4 is 23.6 Å². The third-order valence-electron chi connectivity index (χ3n) is 4.51. The predicted molar refractivity (Wildman–Crippen MR) is 97.9 cm³/mol. The lowest BCUT2D eigenvalue weighted by Crippen LogP contribution is -2.51. The number of tetrazole rings is 1. The van der Waals surface area contributed by atoms with Crippen LogP contribution < -0.4 is 5.73 Å². The number of amides is 2. The molecule has 1 atom stereocenters. The number of benzene rings is 1. The summed E-state index contributed by atoms with van der Waals surface area (Å²) in [5.41, 5.74) is 8.47. The van der Waals surface area contributed by atoms with Crippen molar-refractivity contribution in [3.05, 3.63) is 29.3 Å². The molecule has 1 fully saturated rings. The van der Waals surface area contributed by atoms with Crippen LogP contribution in [0.4, 0.5) is 0 Å². The second-order valence-electron chi connectivity index (χ2n) is 6.45. The Balaban J connectivity index is 1.73. The van der Waals surface area contributed by atoms with E-state index < -0.39 is 11.9 Å². The van der Waals surface area contributed by atoms with Crippen molar-refractivity contribution in [2.24, 2.45) is 5.73 Å². The highest BCUT2D eigenvalue weighted by Gasteiger charge is 2.30. The summed E-state index contributed by atoms with van der Waals surface area (Å²) in [5, 5.41) is 12.4. The summed E-state index contributed by atoms with van der Waals surface area (Å²) >= 11 is 1.26. The van der Waals surface area contributed by atoms with E-state index in [0.717, 1.165) is 29.7 Å². The number of primary amides is 1. The van der Waals surface area contributed by atoms with Crippen LogP contribution in [-0.2, 0) is 9.59 Å². The minimum atomic E-state index is -0.508. The number of hydrogen-bond acceptors (Lipinski definition) is 6. The summed E-state index contributed by atoms with van der Waals surface area (Å²) < 4.78 is 1.64. The van der Waals surface area contributed by atoms with Crippen LogP contribution in [0.2, 0.25) is 0 Å². The van der Waals surface area contributed by atoms with Gasteiger partial charge in [0.25, 0.3) is 0 Å². The molecule has 2 amide bonds. The van der Waals surface area contributed by atoms with Crippen molar-refractivity contribution in [3.8, 4) is 5.69 Å². The van der Waals surface area contributed by atoms with E-state index in [1.54, 1.807) is 9.58 Å².